The molecule has 0 fully saturated rings. The van der Waals surface area contributed by atoms with E-state index in [1.54, 1.807) is 0 Å². The molecule has 0 amide bonds. The molecule has 14 heavy (non-hydrogen) atoms. The summed E-state index contributed by atoms with van der Waals surface area (Å²) in [4.78, 5) is 0. The molecule has 0 spiro atoms. The Morgan fingerprint density at radius 1 is 1.29 bits per heavy atom. The van der Waals surface area contributed by atoms with Crippen LogP contribution in [0.5, 0.6) is 0 Å². The van der Waals surface area contributed by atoms with Crippen LogP contribution < -0.4 is 0 Å². The van der Waals surface area contributed by atoms with E-state index in [4.69, 9.17) is 4.74 Å². The second kappa shape index (κ2) is 4.03. The maximum atomic E-state index is 10.1. The van der Waals surface area contributed by atoms with E-state index in [1.807, 2.05) is 19.9 Å². The Hall–Kier alpha value is -0.340. The molecule has 0 aromatic carbocycles. The van der Waals surface area contributed by atoms with Crippen LogP contribution in [0.25, 0.3) is 0 Å². The molecule has 1 N–H and O–H groups in total. The van der Waals surface area contributed by atoms with Crippen LogP contribution in [0.2, 0.25) is 0 Å². The van der Waals surface area contributed by atoms with Gasteiger partial charge < -0.3 is 9.84 Å². The summed E-state index contributed by atoms with van der Waals surface area (Å²) in [6.45, 7) is 8.76. The molecule has 82 valence electrons. The molecule has 1 aliphatic rings. The van der Waals surface area contributed by atoms with Crippen molar-refractivity contribution in [2.75, 3.05) is 6.61 Å². The van der Waals surface area contributed by atoms with Gasteiger partial charge in [-0.25, -0.2) is 0 Å². The number of hydrogen-bond donors (Lipinski definition) is 1. The Labute approximate surface area is 87.0 Å². The predicted molar refractivity (Wildman–Crippen MR) is 58.2 cm³/mol. The SMILES string of the molecule is CC(C)OCC1(O)C=CC(C)(C)CC1. The van der Waals surface area contributed by atoms with Gasteiger partial charge in [0.25, 0.3) is 0 Å². The lowest BCUT2D eigenvalue weighted by Gasteiger charge is -2.34. The van der Waals surface area contributed by atoms with Crippen molar-refractivity contribution in [3.05, 3.63) is 12.2 Å². The van der Waals surface area contributed by atoms with Crippen molar-refractivity contribution in [1.82, 2.24) is 0 Å². The van der Waals surface area contributed by atoms with Crippen LogP contribution in [0, 0.1) is 5.41 Å². The smallest absolute Gasteiger partial charge is 0.106 e. The summed E-state index contributed by atoms with van der Waals surface area (Å²) in [6.07, 6.45) is 5.99. The Morgan fingerprint density at radius 2 is 1.93 bits per heavy atom. The van der Waals surface area contributed by atoms with Crippen molar-refractivity contribution in [3.63, 3.8) is 0 Å². The van der Waals surface area contributed by atoms with Crippen LogP contribution in [0.15, 0.2) is 12.2 Å². The first-order valence-corrected chi connectivity index (χ1v) is 5.37. The minimum Gasteiger partial charge on any atom is -0.383 e. The molecule has 1 aliphatic carbocycles. The fraction of sp³-hybridized carbons (Fsp3) is 0.833. The Kier molecular flexibility index (Phi) is 3.38. The monoisotopic (exact) mass is 198 g/mol. The zero-order chi connectivity index (χ0) is 10.8. The summed E-state index contributed by atoms with van der Waals surface area (Å²) in [6, 6.07) is 0. The lowest BCUT2D eigenvalue weighted by Crippen LogP contribution is -2.37. The fourth-order valence-electron chi connectivity index (χ4n) is 1.52. The zero-order valence-corrected chi connectivity index (χ0v) is 9.71. The van der Waals surface area contributed by atoms with E-state index in [-0.39, 0.29) is 11.5 Å². The first kappa shape index (κ1) is 11.7. The van der Waals surface area contributed by atoms with Gasteiger partial charge >= 0.3 is 0 Å². The predicted octanol–water partition coefficient (Wildman–Crippen LogP) is 2.52. The summed E-state index contributed by atoms with van der Waals surface area (Å²) in [5.74, 6) is 0. The van der Waals surface area contributed by atoms with Crippen LogP contribution in [0.1, 0.15) is 40.5 Å². The first-order chi connectivity index (χ1) is 6.33. The topological polar surface area (TPSA) is 29.5 Å². The molecular weight excluding hydrogens is 176 g/mol. The third kappa shape index (κ3) is 3.43. The minimum atomic E-state index is -0.736. The number of hydrogen-bond acceptors (Lipinski definition) is 2. The van der Waals surface area contributed by atoms with Gasteiger partial charge in [-0.2, -0.15) is 0 Å². The van der Waals surface area contributed by atoms with Crippen molar-refractivity contribution < 1.29 is 9.84 Å². The largest absolute Gasteiger partial charge is 0.383 e. The third-order valence-corrected chi connectivity index (χ3v) is 2.71. The molecule has 0 aliphatic heterocycles. The maximum absolute atomic E-state index is 10.1. The van der Waals surface area contributed by atoms with Crippen LogP contribution in [0.3, 0.4) is 0 Å². The van der Waals surface area contributed by atoms with Crippen molar-refractivity contribution >= 4 is 0 Å². The molecular formula is C12H22O2. The van der Waals surface area contributed by atoms with Crippen LogP contribution >= 0.6 is 0 Å². The van der Waals surface area contributed by atoms with Gasteiger partial charge in [0.15, 0.2) is 0 Å². The van der Waals surface area contributed by atoms with Crippen molar-refractivity contribution in [2.45, 2.75) is 52.2 Å². The Balaban J connectivity index is 2.52. The lowest BCUT2D eigenvalue weighted by atomic mass is 9.77. The summed E-state index contributed by atoms with van der Waals surface area (Å²) >= 11 is 0. The molecule has 0 bridgehead atoms. The number of aliphatic hydroxyl groups is 1. The maximum Gasteiger partial charge on any atom is 0.106 e. The van der Waals surface area contributed by atoms with Crippen molar-refractivity contribution in [3.8, 4) is 0 Å². The van der Waals surface area contributed by atoms with Gasteiger partial charge in [0.05, 0.1) is 12.7 Å². The highest BCUT2D eigenvalue weighted by atomic mass is 16.5. The summed E-state index contributed by atoms with van der Waals surface area (Å²) in [7, 11) is 0. The van der Waals surface area contributed by atoms with Gasteiger partial charge in [0.2, 0.25) is 0 Å². The highest BCUT2D eigenvalue weighted by Crippen LogP contribution is 2.34. The highest BCUT2D eigenvalue weighted by molar-refractivity contribution is 5.11. The van der Waals surface area contributed by atoms with Crippen LogP contribution in [0.4, 0.5) is 0 Å². The molecule has 1 atom stereocenters. The molecule has 1 unspecified atom stereocenters. The molecule has 1 rings (SSSR count). The summed E-state index contributed by atoms with van der Waals surface area (Å²) in [5, 5.41) is 10.1. The molecule has 2 nitrogen and oxygen atoms in total. The lowest BCUT2D eigenvalue weighted by molar-refractivity contribution is -0.0481. The van der Waals surface area contributed by atoms with Crippen LogP contribution in [-0.2, 0) is 4.74 Å². The zero-order valence-electron chi connectivity index (χ0n) is 9.71. The fourth-order valence-corrected chi connectivity index (χ4v) is 1.52. The third-order valence-electron chi connectivity index (χ3n) is 2.71. The molecule has 0 heterocycles. The van der Waals surface area contributed by atoms with E-state index < -0.39 is 5.60 Å². The minimum absolute atomic E-state index is 0.183. The van der Waals surface area contributed by atoms with E-state index in [1.165, 1.54) is 0 Å². The summed E-state index contributed by atoms with van der Waals surface area (Å²) in [5.41, 5.74) is -0.510. The normalized spacial score (nSPS) is 31.0. The van der Waals surface area contributed by atoms with Gasteiger partial charge in [-0.15, -0.1) is 0 Å². The Morgan fingerprint density at radius 3 is 2.36 bits per heavy atom. The van der Waals surface area contributed by atoms with Crippen molar-refractivity contribution in [1.29, 1.82) is 0 Å². The van der Waals surface area contributed by atoms with Gasteiger partial charge in [-0.05, 0) is 32.1 Å². The van der Waals surface area contributed by atoms with Gasteiger partial charge in [-0.3, -0.25) is 0 Å². The number of allylic oxidation sites excluding steroid dienone is 1. The first-order valence-electron chi connectivity index (χ1n) is 5.37. The van der Waals surface area contributed by atoms with Crippen molar-refractivity contribution in [2.24, 2.45) is 5.41 Å². The molecule has 0 aromatic rings. The van der Waals surface area contributed by atoms with E-state index >= 15 is 0 Å². The molecule has 0 saturated carbocycles. The second-order valence-corrected chi connectivity index (χ2v) is 5.29. The van der Waals surface area contributed by atoms with Gasteiger partial charge in [0, 0.05) is 0 Å². The molecule has 0 aromatic heterocycles. The average Bonchev–Trinajstić information content (AvgIpc) is 2.08. The summed E-state index contributed by atoms with van der Waals surface area (Å²) < 4.78 is 5.45. The quantitative estimate of drug-likeness (QED) is 0.706. The van der Waals surface area contributed by atoms with E-state index in [0.29, 0.717) is 6.61 Å². The van der Waals surface area contributed by atoms with Crippen LogP contribution in [-0.4, -0.2) is 23.4 Å². The van der Waals surface area contributed by atoms with Gasteiger partial charge in [-0.1, -0.05) is 26.0 Å². The standard InChI is InChI=1S/C12H22O2/c1-10(2)14-9-12(13)7-5-11(3,4)6-8-12/h5,7,10,13H,6,8-9H2,1-4H3. The molecule has 2 heteroatoms. The van der Waals surface area contributed by atoms with Gasteiger partial charge in [0.1, 0.15) is 5.60 Å². The molecule has 0 saturated heterocycles. The highest BCUT2D eigenvalue weighted by Gasteiger charge is 2.32. The van der Waals surface area contributed by atoms with E-state index in [2.05, 4.69) is 19.9 Å². The average molecular weight is 198 g/mol. The number of ether oxygens (including phenoxy) is 1. The van der Waals surface area contributed by atoms with E-state index in [0.717, 1.165) is 12.8 Å². The number of rotatable bonds is 3. The van der Waals surface area contributed by atoms with E-state index in [9.17, 15) is 5.11 Å². The molecule has 0 radical (unpaired) electrons. The second-order valence-electron chi connectivity index (χ2n) is 5.29. The Bertz CT molecular complexity index is 218.